The second kappa shape index (κ2) is 9.90. The van der Waals surface area contributed by atoms with Gasteiger partial charge in [-0.3, -0.25) is 9.59 Å². The van der Waals surface area contributed by atoms with Gasteiger partial charge in [0.25, 0.3) is 0 Å². The van der Waals surface area contributed by atoms with E-state index >= 15 is 0 Å². The average molecular weight is 415 g/mol. The quantitative estimate of drug-likeness (QED) is 0.753. The number of carbonyl (C=O) groups is 2. The molecule has 1 aliphatic heterocycles. The number of ether oxygens (including phenoxy) is 1. The summed E-state index contributed by atoms with van der Waals surface area (Å²) in [7, 11) is 1.78. The van der Waals surface area contributed by atoms with Gasteiger partial charge >= 0.3 is 0 Å². The van der Waals surface area contributed by atoms with Crippen molar-refractivity contribution in [3.05, 3.63) is 70.7 Å². The van der Waals surface area contributed by atoms with Crippen molar-refractivity contribution in [1.82, 2.24) is 10.2 Å². The highest BCUT2D eigenvalue weighted by atomic mass is 35.5. The van der Waals surface area contributed by atoms with Crippen LogP contribution in [-0.2, 0) is 26.3 Å². The van der Waals surface area contributed by atoms with Crippen LogP contribution in [0, 0.1) is 0 Å². The standard InChI is InChI=1S/C23H27ClN2O3/c1-26(17-18-7-3-2-4-8-18)21(27)11-14-25-22(28)23(12-15-29-16-13-23)19-9-5-6-10-20(19)24/h2-10H,11-17H2,1H3,(H,25,28). The first-order chi connectivity index (χ1) is 14.0. The third-order valence-electron chi connectivity index (χ3n) is 5.48. The molecule has 6 heteroatoms. The van der Waals surface area contributed by atoms with Crippen molar-refractivity contribution < 1.29 is 14.3 Å². The maximum absolute atomic E-state index is 13.2. The number of rotatable bonds is 7. The first-order valence-corrected chi connectivity index (χ1v) is 10.3. The van der Waals surface area contributed by atoms with Gasteiger partial charge in [-0.2, -0.15) is 0 Å². The summed E-state index contributed by atoms with van der Waals surface area (Å²) < 4.78 is 5.48. The molecule has 2 aromatic carbocycles. The minimum atomic E-state index is -0.713. The summed E-state index contributed by atoms with van der Waals surface area (Å²) in [6.45, 7) is 1.87. The van der Waals surface area contributed by atoms with E-state index in [-0.39, 0.29) is 18.2 Å². The van der Waals surface area contributed by atoms with Crippen molar-refractivity contribution in [2.45, 2.75) is 31.2 Å². The Kier molecular flexibility index (Phi) is 7.29. The molecule has 0 spiro atoms. The van der Waals surface area contributed by atoms with E-state index in [0.717, 1.165) is 11.1 Å². The number of nitrogens with one attached hydrogen (secondary N) is 1. The molecular weight excluding hydrogens is 388 g/mol. The Morgan fingerprint density at radius 2 is 1.72 bits per heavy atom. The van der Waals surface area contributed by atoms with Crippen LogP contribution >= 0.6 is 11.6 Å². The van der Waals surface area contributed by atoms with Crippen LogP contribution in [0.1, 0.15) is 30.4 Å². The summed E-state index contributed by atoms with van der Waals surface area (Å²) >= 11 is 6.41. The predicted molar refractivity (Wildman–Crippen MR) is 114 cm³/mol. The Balaban J connectivity index is 1.59. The molecule has 1 fully saturated rings. The van der Waals surface area contributed by atoms with Crippen molar-refractivity contribution in [2.24, 2.45) is 0 Å². The number of carbonyl (C=O) groups excluding carboxylic acids is 2. The third kappa shape index (κ3) is 5.17. The first kappa shape index (κ1) is 21.3. The topological polar surface area (TPSA) is 58.6 Å². The number of benzene rings is 2. The van der Waals surface area contributed by atoms with Gasteiger partial charge in [0, 0.05) is 44.8 Å². The average Bonchev–Trinajstić information content (AvgIpc) is 2.75. The van der Waals surface area contributed by atoms with Crippen molar-refractivity contribution in [2.75, 3.05) is 26.8 Å². The summed E-state index contributed by atoms with van der Waals surface area (Å²) in [6, 6.07) is 17.3. The van der Waals surface area contributed by atoms with Crippen molar-refractivity contribution in [3.63, 3.8) is 0 Å². The summed E-state index contributed by atoms with van der Waals surface area (Å²) in [5.41, 5.74) is 1.19. The Morgan fingerprint density at radius 3 is 2.41 bits per heavy atom. The van der Waals surface area contributed by atoms with E-state index < -0.39 is 5.41 Å². The van der Waals surface area contributed by atoms with E-state index in [4.69, 9.17) is 16.3 Å². The molecule has 0 atom stereocenters. The van der Waals surface area contributed by atoms with E-state index in [1.165, 1.54) is 0 Å². The van der Waals surface area contributed by atoms with Gasteiger partial charge in [-0.1, -0.05) is 60.1 Å². The lowest BCUT2D eigenvalue weighted by Crippen LogP contribution is -2.48. The highest BCUT2D eigenvalue weighted by Crippen LogP contribution is 2.38. The van der Waals surface area contributed by atoms with Gasteiger partial charge in [0.15, 0.2) is 0 Å². The van der Waals surface area contributed by atoms with E-state index in [1.54, 1.807) is 11.9 Å². The molecule has 2 aromatic rings. The Bertz CT molecular complexity index is 835. The van der Waals surface area contributed by atoms with Gasteiger partial charge < -0.3 is 15.0 Å². The molecule has 154 valence electrons. The van der Waals surface area contributed by atoms with Gasteiger partial charge in [0.2, 0.25) is 11.8 Å². The number of hydrogen-bond acceptors (Lipinski definition) is 3. The molecule has 0 unspecified atom stereocenters. The minimum absolute atomic E-state index is 0.00655. The molecule has 2 amide bonds. The third-order valence-corrected chi connectivity index (χ3v) is 5.81. The molecular formula is C23H27ClN2O3. The largest absolute Gasteiger partial charge is 0.381 e. The number of amides is 2. The molecule has 0 saturated carbocycles. The highest BCUT2D eigenvalue weighted by Gasteiger charge is 2.42. The zero-order valence-corrected chi connectivity index (χ0v) is 17.5. The maximum Gasteiger partial charge on any atom is 0.230 e. The molecule has 1 saturated heterocycles. The van der Waals surface area contributed by atoms with E-state index in [9.17, 15) is 9.59 Å². The lowest BCUT2D eigenvalue weighted by molar-refractivity contribution is -0.132. The predicted octanol–water partition coefficient (Wildman–Crippen LogP) is 3.55. The highest BCUT2D eigenvalue weighted by molar-refractivity contribution is 6.31. The lowest BCUT2D eigenvalue weighted by Gasteiger charge is -2.36. The van der Waals surface area contributed by atoms with Crippen LogP contribution in [-0.4, -0.2) is 43.5 Å². The fourth-order valence-electron chi connectivity index (χ4n) is 3.78. The molecule has 3 rings (SSSR count). The Morgan fingerprint density at radius 1 is 1.07 bits per heavy atom. The molecule has 0 radical (unpaired) electrons. The maximum atomic E-state index is 13.2. The summed E-state index contributed by atoms with van der Waals surface area (Å²) in [4.78, 5) is 27.3. The molecule has 1 N–H and O–H groups in total. The normalized spacial score (nSPS) is 15.5. The monoisotopic (exact) mass is 414 g/mol. The second-order valence-corrected chi connectivity index (χ2v) is 7.82. The van der Waals surface area contributed by atoms with E-state index in [2.05, 4.69) is 5.32 Å². The molecule has 0 aromatic heterocycles. The number of hydrogen-bond donors (Lipinski definition) is 1. The van der Waals surface area contributed by atoms with Crippen LogP contribution in [0.4, 0.5) is 0 Å². The minimum Gasteiger partial charge on any atom is -0.381 e. The molecule has 5 nitrogen and oxygen atoms in total. The lowest BCUT2D eigenvalue weighted by atomic mass is 9.73. The van der Waals surface area contributed by atoms with Gasteiger partial charge in [-0.05, 0) is 30.0 Å². The van der Waals surface area contributed by atoms with Crippen LogP contribution in [0.3, 0.4) is 0 Å². The summed E-state index contributed by atoms with van der Waals surface area (Å²) in [6.07, 6.45) is 1.40. The summed E-state index contributed by atoms with van der Waals surface area (Å²) in [5, 5.41) is 3.55. The molecule has 1 aliphatic rings. The Hall–Kier alpha value is -2.37. The molecule has 0 aliphatic carbocycles. The van der Waals surface area contributed by atoms with Gasteiger partial charge in [0.05, 0.1) is 5.41 Å². The summed E-state index contributed by atoms with van der Waals surface area (Å²) in [5.74, 6) is -0.0969. The number of halogens is 1. The number of nitrogens with zero attached hydrogens (tertiary/aromatic N) is 1. The van der Waals surface area contributed by atoms with Crippen molar-refractivity contribution in [1.29, 1.82) is 0 Å². The fraction of sp³-hybridized carbons (Fsp3) is 0.391. The molecule has 29 heavy (non-hydrogen) atoms. The van der Waals surface area contributed by atoms with E-state index in [0.29, 0.717) is 44.2 Å². The molecule has 1 heterocycles. The smallest absolute Gasteiger partial charge is 0.230 e. The Labute approximate surface area is 177 Å². The van der Waals surface area contributed by atoms with Crippen LogP contribution < -0.4 is 5.32 Å². The second-order valence-electron chi connectivity index (χ2n) is 7.42. The van der Waals surface area contributed by atoms with Crippen LogP contribution in [0.2, 0.25) is 5.02 Å². The van der Waals surface area contributed by atoms with Crippen LogP contribution in [0.25, 0.3) is 0 Å². The zero-order chi connectivity index (χ0) is 20.7. The SMILES string of the molecule is CN(Cc1ccccc1)C(=O)CCNC(=O)C1(c2ccccc2Cl)CCOCC1. The fourth-order valence-corrected chi connectivity index (χ4v) is 4.09. The van der Waals surface area contributed by atoms with Crippen LogP contribution in [0.5, 0.6) is 0 Å². The molecule has 0 bridgehead atoms. The van der Waals surface area contributed by atoms with Crippen molar-refractivity contribution in [3.8, 4) is 0 Å². The van der Waals surface area contributed by atoms with Gasteiger partial charge in [-0.25, -0.2) is 0 Å². The van der Waals surface area contributed by atoms with Crippen LogP contribution in [0.15, 0.2) is 54.6 Å². The zero-order valence-electron chi connectivity index (χ0n) is 16.7. The van der Waals surface area contributed by atoms with Gasteiger partial charge in [0.1, 0.15) is 0 Å². The van der Waals surface area contributed by atoms with Gasteiger partial charge in [-0.15, -0.1) is 0 Å². The first-order valence-electron chi connectivity index (χ1n) is 9.92. The van der Waals surface area contributed by atoms with E-state index in [1.807, 2.05) is 54.6 Å². The van der Waals surface area contributed by atoms with Crippen molar-refractivity contribution >= 4 is 23.4 Å².